The normalized spacial score (nSPS) is 22.4. The van der Waals surface area contributed by atoms with E-state index in [0.29, 0.717) is 6.10 Å². The zero-order chi connectivity index (χ0) is 13.4. The molecule has 1 heterocycles. The van der Waals surface area contributed by atoms with E-state index in [9.17, 15) is 0 Å². The predicted molar refractivity (Wildman–Crippen MR) is 82.5 cm³/mol. The molecule has 0 radical (unpaired) electrons. The standard InChI is InChI=1S/C15H29NOS/c1-5-6-7-8-9-10-11-18-14-16-15(3,4)12-13(2)17-14/h13H,5-12H2,1-4H3/t13-/m1/s1. The molecule has 1 aliphatic heterocycles. The Morgan fingerprint density at radius 3 is 2.56 bits per heavy atom. The van der Waals surface area contributed by atoms with Gasteiger partial charge >= 0.3 is 0 Å². The molecule has 0 fully saturated rings. The summed E-state index contributed by atoms with van der Waals surface area (Å²) in [6.07, 6.45) is 9.44. The minimum absolute atomic E-state index is 0.0567. The second kappa shape index (κ2) is 8.08. The first-order chi connectivity index (χ1) is 8.53. The molecule has 0 saturated heterocycles. The van der Waals surface area contributed by atoms with Gasteiger partial charge in [0.2, 0.25) is 5.23 Å². The van der Waals surface area contributed by atoms with Crippen LogP contribution in [0.1, 0.15) is 72.6 Å². The molecule has 0 amide bonds. The fraction of sp³-hybridized carbons (Fsp3) is 0.933. The number of unbranched alkanes of at least 4 members (excludes halogenated alkanes) is 5. The molecule has 0 saturated carbocycles. The van der Waals surface area contributed by atoms with Gasteiger partial charge in [0.25, 0.3) is 0 Å². The van der Waals surface area contributed by atoms with Crippen molar-refractivity contribution in [2.75, 3.05) is 5.75 Å². The van der Waals surface area contributed by atoms with Crippen LogP contribution in [0, 0.1) is 0 Å². The summed E-state index contributed by atoms with van der Waals surface area (Å²) in [7, 11) is 0. The Bertz CT molecular complexity index is 263. The molecule has 0 bridgehead atoms. The molecule has 18 heavy (non-hydrogen) atoms. The van der Waals surface area contributed by atoms with E-state index in [4.69, 9.17) is 4.74 Å². The number of nitrogens with zero attached hydrogens (tertiary/aromatic N) is 1. The Morgan fingerprint density at radius 2 is 1.89 bits per heavy atom. The molecule has 1 rings (SSSR count). The third-order valence-corrected chi connectivity index (χ3v) is 4.13. The van der Waals surface area contributed by atoms with Crippen LogP contribution in [0.2, 0.25) is 0 Å². The van der Waals surface area contributed by atoms with Crippen LogP contribution in [-0.2, 0) is 4.74 Å². The molecule has 0 unspecified atom stereocenters. The molecule has 106 valence electrons. The van der Waals surface area contributed by atoms with E-state index in [-0.39, 0.29) is 5.54 Å². The van der Waals surface area contributed by atoms with Gasteiger partial charge in [-0.1, -0.05) is 50.8 Å². The van der Waals surface area contributed by atoms with Gasteiger partial charge in [-0.25, -0.2) is 4.99 Å². The summed E-state index contributed by atoms with van der Waals surface area (Å²) in [5, 5.41) is 0.910. The highest BCUT2D eigenvalue weighted by Gasteiger charge is 2.27. The van der Waals surface area contributed by atoms with E-state index in [1.807, 2.05) is 0 Å². The Kier molecular flexibility index (Phi) is 7.13. The van der Waals surface area contributed by atoms with Crippen molar-refractivity contribution in [2.24, 2.45) is 4.99 Å². The van der Waals surface area contributed by atoms with Gasteiger partial charge in [0, 0.05) is 12.2 Å². The number of hydrogen-bond donors (Lipinski definition) is 0. The summed E-state index contributed by atoms with van der Waals surface area (Å²) in [4.78, 5) is 4.67. The van der Waals surface area contributed by atoms with Crippen molar-refractivity contribution in [3.8, 4) is 0 Å². The minimum atomic E-state index is 0.0567. The fourth-order valence-electron chi connectivity index (χ4n) is 2.34. The molecule has 1 atom stereocenters. The quantitative estimate of drug-likeness (QED) is 0.606. The minimum Gasteiger partial charge on any atom is -0.470 e. The molecular weight excluding hydrogens is 242 g/mol. The Morgan fingerprint density at radius 1 is 1.22 bits per heavy atom. The fourth-order valence-corrected chi connectivity index (χ4v) is 3.41. The second-order valence-corrected chi connectivity index (χ2v) is 6.99. The van der Waals surface area contributed by atoms with Crippen molar-refractivity contribution in [3.63, 3.8) is 0 Å². The van der Waals surface area contributed by atoms with Gasteiger partial charge < -0.3 is 4.74 Å². The predicted octanol–water partition coefficient (Wildman–Crippen LogP) is 5.02. The van der Waals surface area contributed by atoms with Gasteiger partial charge in [-0.3, -0.25) is 0 Å². The van der Waals surface area contributed by atoms with E-state index in [1.165, 1.54) is 38.5 Å². The largest absolute Gasteiger partial charge is 0.470 e. The van der Waals surface area contributed by atoms with E-state index in [0.717, 1.165) is 17.4 Å². The van der Waals surface area contributed by atoms with Crippen molar-refractivity contribution in [2.45, 2.75) is 84.3 Å². The van der Waals surface area contributed by atoms with Crippen molar-refractivity contribution < 1.29 is 4.74 Å². The van der Waals surface area contributed by atoms with Crippen molar-refractivity contribution in [1.82, 2.24) is 0 Å². The summed E-state index contributed by atoms with van der Waals surface area (Å²) in [5.74, 6) is 1.15. The van der Waals surface area contributed by atoms with Crippen LogP contribution < -0.4 is 0 Å². The second-order valence-electron chi connectivity index (χ2n) is 5.94. The number of aliphatic imine (C=N–C) groups is 1. The first kappa shape index (κ1) is 15.9. The Labute approximate surface area is 117 Å². The third kappa shape index (κ3) is 6.67. The third-order valence-electron chi connectivity index (χ3n) is 3.21. The topological polar surface area (TPSA) is 21.6 Å². The zero-order valence-electron chi connectivity index (χ0n) is 12.5. The van der Waals surface area contributed by atoms with Crippen LogP contribution in [0.3, 0.4) is 0 Å². The van der Waals surface area contributed by atoms with E-state index in [2.05, 4.69) is 32.7 Å². The van der Waals surface area contributed by atoms with Crippen molar-refractivity contribution in [3.05, 3.63) is 0 Å². The molecule has 0 aromatic carbocycles. The van der Waals surface area contributed by atoms with E-state index < -0.39 is 0 Å². The lowest BCUT2D eigenvalue weighted by Crippen LogP contribution is -2.32. The Balaban J connectivity index is 2.13. The number of thioether (sulfide) groups is 1. The van der Waals surface area contributed by atoms with E-state index in [1.54, 1.807) is 11.8 Å². The summed E-state index contributed by atoms with van der Waals surface area (Å²) < 4.78 is 5.78. The molecule has 0 aromatic heterocycles. The number of rotatable bonds is 7. The van der Waals surface area contributed by atoms with Gasteiger partial charge in [-0.05, 0) is 27.2 Å². The van der Waals surface area contributed by atoms with Crippen LogP contribution in [0.4, 0.5) is 0 Å². The van der Waals surface area contributed by atoms with Crippen molar-refractivity contribution >= 4 is 17.0 Å². The smallest absolute Gasteiger partial charge is 0.246 e. The lowest BCUT2D eigenvalue weighted by Gasteiger charge is -2.31. The molecule has 0 spiro atoms. The van der Waals surface area contributed by atoms with Gasteiger partial charge in [0.05, 0.1) is 5.54 Å². The number of ether oxygens (including phenoxy) is 1. The van der Waals surface area contributed by atoms with Gasteiger partial charge in [-0.15, -0.1) is 0 Å². The summed E-state index contributed by atoms with van der Waals surface area (Å²) >= 11 is 1.79. The first-order valence-electron chi connectivity index (χ1n) is 7.43. The zero-order valence-corrected chi connectivity index (χ0v) is 13.3. The molecular formula is C15H29NOS. The van der Waals surface area contributed by atoms with Crippen LogP contribution in [0.25, 0.3) is 0 Å². The van der Waals surface area contributed by atoms with Crippen LogP contribution in [0.5, 0.6) is 0 Å². The SMILES string of the molecule is CCCCCCCCSC1=NC(C)(C)C[C@@H](C)O1. The summed E-state index contributed by atoms with van der Waals surface area (Å²) in [5.41, 5.74) is 0.0567. The highest BCUT2D eigenvalue weighted by molar-refractivity contribution is 8.13. The maximum absolute atomic E-state index is 5.78. The van der Waals surface area contributed by atoms with Crippen LogP contribution in [0.15, 0.2) is 4.99 Å². The lowest BCUT2D eigenvalue weighted by molar-refractivity contribution is 0.152. The van der Waals surface area contributed by atoms with Crippen LogP contribution >= 0.6 is 11.8 Å². The highest BCUT2D eigenvalue weighted by atomic mass is 32.2. The summed E-state index contributed by atoms with van der Waals surface area (Å²) in [6.45, 7) is 8.79. The highest BCUT2D eigenvalue weighted by Crippen LogP contribution is 2.27. The molecule has 3 heteroatoms. The maximum atomic E-state index is 5.78. The first-order valence-corrected chi connectivity index (χ1v) is 8.41. The van der Waals surface area contributed by atoms with Gasteiger partial charge in [0.1, 0.15) is 6.10 Å². The van der Waals surface area contributed by atoms with Crippen molar-refractivity contribution in [1.29, 1.82) is 0 Å². The average molecular weight is 271 g/mol. The lowest BCUT2D eigenvalue weighted by atomic mass is 9.98. The number of hydrogen-bond acceptors (Lipinski definition) is 3. The van der Waals surface area contributed by atoms with Gasteiger partial charge in [0.15, 0.2) is 0 Å². The molecule has 0 aliphatic carbocycles. The van der Waals surface area contributed by atoms with E-state index >= 15 is 0 Å². The average Bonchev–Trinajstić information content (AvgIpc) is 2.25. The monoisotopic (exact) mass is 271 g/mol. The van der Waals surface area contributed by atoms with Gasteiger partial charge in [-0.2, -0.15) is 0 Å². The van der Waals surface area contributed by atoms with Crippen LogP contribution in [-0.4, -0.2) is 22.6 Å². The maximum Gasteiger partial charge on any atom is 0.246 e. The Hall–Kier alpha value is -0.180. The molecule has 0 N–H and O–H groups in total. The molecule has 0 aromatic rings. The molecule has 2 nitrogen and oxygen atoms in total. The summed E-state index contributed by atoms with van der Waals surface area (Å²) in [6, 6.07) is 0. The molecule has 1 aliphatic rings.